The second-order valence-electron chi connectivity index (χ2n) is 7.71. The summed E-state index contributed by atoms with van der Waals surface area (Å²) in [5, 5.41) is 18.9. The van der Waals surface area contributed by atoms with Crippen molar-refractivity contribution in [1.29, 1.82) is 0 Å². The van der Waals surface area contributed by atoms with Gasteiger partial charge in [-0.25, -0.2) is 4.79 Å². The Bertz CT molecular complexity index is 1220. The average molecular weight is 454 g/mol. The van der Waals surface area contributed by atoms with E-state index >= 15 is 0 Å². The highest BCUT2D eigenvalue weighted by atomic mass is 16.5. The van der Waals surface area contributed by atoms with Gasteiger partial charge in [-0.15, -0.1) is 10.2 Å². The van der Waals surface area contributed by atoms with Gasteiger partial charge in [-0.2, -0.15) is 0 Å². The first-order valence-electron chi connectivity index (χ1n) is 11.3. The summed E-state index contributed by atoms with van der Waals surface area (Å²) in [6.45, 7) is 2.66. The Labute approximate surface area is 199 Å². The predicted molar refractivity (Wildman–Crippen MR) is 133 cm³/mol. The highest BCUT2D eigenvalue weighted by Crippen LogP contribution is 2.37. The molecule has 172 valence electrons. The second-order valence-corrected chi connectivity index (χ2v) is 7.71. The van der Waals surface area contributed by atoms with E-state index in [9.17, 15) is 9.90 Å². The van der Waals surface area contributed by atoms with E-state index in [1.165, 1.54) is 0 Å². The molecule has 4 aromatic rings. The lowest BCUT2D eigenvalue weighted by Gasteiger charge is -2.26. The first kappa shape index (κ1) is 23.1. The summed E-state index contributed by atoms with van der Waals surface area (Å²) in [5.74, 6) is -0.0886. The van der Waals surface area contributed by atoms with Crippen LogP contribution in [-0.4, -0.2) is 41.0 Å². The lowest BCUT2D eigenvalue weighted by molar-refractivity contribution is 0.0527. The molecule has 6 nitrogen and oxygen atoms in total. The summed E-state index contributed by atoms with van der Waals surface area (Å²) in [7, 11) is 0. The molecule has 0 unspecified atom stereocenters. The summed E-state index contributed by atoms with van der Waals surface area (Å²) in [5.41, 5.74) is 4.31. The van der Waals surface area contributed by atoms with Gasteiger partial charge in [0.1, 0.15) is 11.3 Å². The fourth-order valence-corrected chi connectivity index (χ4v) is 3.91. The lowest BCUT2D eigenvalue weighted by atomic mass is 9.94. The zero-order chi connectivity index (χ0) is 23.8. The zero-order valence-electron chi connectivity index (χ0n) is 19.1. The van der Waals surface area contributed by atoms with Gasteiger partial charge in [-0.3, -0.25) is 0 Å². The Kier molecular flexibility index (Phi) is 7.63. The average Bonchev–Trinajstić information content (AvgIpc) is 2.89. The number of aromatic nitrogens is 2. The summed E-state index contributed by atoms with van der Waals surface area (Å²) in [6.07, 6.45) is 0. The van der Waals surface area contributed by atoms with Crippen LogP contribution >= 0.6 is 0 Å². The molecule has 0 aliphatic heterocycles. The quantitative estimate of drug-likeness (QED) is 0.360. The van der Waals surface area contributed by atoms with E-state index in [-0.39, 0.29) is 19.8 Å². The van der Waals surface area contributed by atoms with Crippen molar-refractivity contribution in [1.82, 2.24) is 10.2 Å². The highest BCUT2D eigenvalue weighted by Gasteiger charge is 2.28. The molecule has 0 aliphatic carbocycles. The highest BCUT2D eigenvalue weighted by molar-refractivity contribution is 6.05. The monoisotopic (exact) mass is 453 g/mol. The van der Waals surface area contributed by atoms with E-state index in [2.05, 4.69) is 10.2 Å². The standard InChI is InChI=1S/C28H27N3O3/c1-2-34-28(33)25-24(22-14-8-4-9-15-22)26(23-16-10-5-11-17-23)29-30-27(25)31(18-19-32)20-21-12-6-3-7-13-21/h3-17,32H,2,18-20H2,1H3. The Morgan fingerprint density at radius 2 is 1.44 bits per heavy atom. The third kappa shape index (κ3) is 5.13. The van der Waals surface area contributed by atoms with Crippen LogP contribution in [0.4, 0.5) is 5.82 Å². The van der Waals surface area contributed by atoms with Crippen LogP contribution in [0.3, 0.4) is 0 Å². The van der Waals surface area contributed by atoms with Crippen molar-refractivity contribution in [2.45, 2.75) is 13.5 Å². The van der Waals surface area contributed by atoms with E-state index in [4.69, 9.17) is 4.74 Å². The minimum absolute atomic E-state index is 0.0993. The molecule has 0 saturated heterocycles. The number of esters is 1. The van der Waals surface area contributed by atoms with Crippen LogP contribution in [0.25, 0.3) is 22.4 Å². The first-order valence-corrected chi connectivity index (χ1v) is 11.3. The normalized spacial score (nSPS) is 10.6. The Hall–Kier alpha value is -4.03. The van der Waals surface area contributed by atoms with Crippen LogP contribution in [-0.2, 0) is 11.3 Å². The second kappa shape index (κ2) is 11.2. The van der Waals surface area contributed by atoms with Gasteiger partial charge < -0.3 is 14.7 Å². The van der Waals surface area contributed by atoms with Gasteiger partial charge in [0.2, 0.25) is 0 Å². The van der Waals surface area contributed by atoms with E-state index in [1.54, 1.807) is 6.92 Å². The minimum atomic E-state index is -0.473. The number of ether oxygens (including phenoxy) is 1. The molecule has 0 saturated carbocycles. The van der Waals surface area contributed by atoms with Crippen LogP contribution in [0.1, 0.15) is 22.8 Å². The third-order valence-corrected chi connectivity index (χ3v) is 5.43. The molecule has 1 aromatic heterocycles. The molecule has 3 aromatic carbocycles. The number of nitrogens with zero attached hydrogens (tertiary/aromatic N) is 3. The maximum absolute atomic E-state index is 13.4. The van der Waals surface area contributed by atoms with Crippen molar-refractivity contribution in [3.63, 3.8) is 0 Å². The van der Waals surface area contributed by atoms with Gasteiger partial charge in [0, 0.05) is 24.2 Å². The Morgan fingerprint density at radius 3 is 2.03 bits per heavy atom. The SMILES string of the molecule is CCOC(=O)c1c(N(CCO)Cc2ccccc2)nnc(-c2ccccc2)c1-c1ccccc1. The van der Waals surface area contributed by atoms with Gasteiger partial charge in [-0.1, -0.05) is 91.0 Å². The van der Waals surface area contributed by atoms with Crippen LogP contribution in [0.5, 0.6) is 0 Å². The fourth-order valence-electron chi connectivity index (χ4n) is 3.91. The van der Waals surface area contributed by atoms with E-state index in [0.29, 0.717) is 29.2 Å². The van der Waals surface area contributed by atoms with Crippen molar-refractivity contribution in [2.24, 2.45) is 0 Å². The number of aliphatic hydroxyl groups excluding tert-OH is 1. The molecule has 0 spiro atoms. The lowest BCUT2D eigenvalue weighted by Crippen LogP contribution is -2.30. The number of aliphatic hydroxyl groups is 1. The molecule has 0 atom stereocenters. The third-order valence-electron chi connectivity index (χ3n) is 5.43. The molecule has 6 heteroatoms. The van der Waals surface area contributed by atoms with E-state index < -0.39 is 5.97 Å². The van der Waals surface area contributed by atoms with Gasteiger partial charge in [0.05, 0.1) is 13.2 Å². The largest absolute Gasteiger partial charge is 0.462 e. The van der Waals surface area contributed by atoms with Crippen LogP contribution in [0.2, 0.25) is 0 Å². The van der Waals surface area contributed by atoms with Crippen LogP contribution in [0.15, 0.2) is 91.0 Å². The van der Waals surface area contributed by atoms with Crippen molar-refractivity contribution in [3.05, 3.63) is 102 Å². The number of hydrogen-bond acceptors (Lipinski definition) is 6. The first-order chi connectivity index (χ1) is 16.7. The Morgan fingerprint density at radius 1 is 0.853 bits per heavy atom. The zero-order valence-corrected chi connectivity index (χ0v) is 19.1. The number of rotatable bonds is 9. The molecular weight excluding hydrogens is 426 g/mol. The van der Waals surface area contributed by atoms with E-state index in [1.807, 2.05) is 95.9 Å². The van der Waals surface area contributed by atoms with Gasteiger partial charge >= 0.3 is 5.97 Å². The predicted octanol–water partition coefficient (Wildman–Crippen LogP) is 4.99. The number of benzene rings is 3. The molecular formula is C28H27N3O3. The topological polar surface area (TPSA) is 75.5 Å². The van der Waals surface area contributed by atoms with Gasteiger partial charge in [0.25, 0.3) is 0 Å². The molecule has 0 aliphatic rings. The maximum atomic E-state index is 13.4. The van der Waals surface area contributed by atoms with E-state index in [0.717, 1.165) is 16.7 Å². The molecule has 0 fully saturated rings. The maximum Gasteiger partial charge on any atom is 0.342 e. The summed E-state index contributed by atoms with van der Waals surface area (Å²) < 4.78 is 5.50. The van der Waals surface area contributed by atoms with Gasteiger partial charge in [0.15, 0.2) is 5.82 Å². The number of hydrogen-bond donors (Lipinski definition) is 1. The molecule has 4 rings (SSSR count). The molecule has 0 amide bonds. The van der Waals surface area contributed by atoms with Gasteiger partial charge in [-0.05, 0) is 18.1 Å². The molecule has 1 heterocycles. The fraction of sp³-hybridized carbons (Fsp3) is 0.179. The summed E-state index contributed by atoms with van der Waals surface area (Å²) in [4.78, 5) is 15.3. The Balaban J connectivity index is 1.97. The van der Waals surface area contributed by atoms with Crippen molar-refractivity contribution in [3.8, 4) is 22.4 Å². The molecule has 0 bridgehead atoms. The molecule has 34 heavy (non-hydrogen) atoms. The minimum Gasteiger partial charge on any atom is -0.462 e. The number of carbonyl (C=O) groups excluding carboxylic acids is 1. The number of anilines is 1. The summed E-state index contributed by atoms with van der Waals surface area (Å²) in [6, 6.07) is 29.2. The van der Waals surface area contributed by atoms with Crippen molar-refractivity contribution >= 4 is 11.8 Å². The smallest absolute Gasteiger partial charge is 0.342 e. The van der Waals surface area contributed by atoms with Crippen LogP contribution in [0, 0.1) is 0 Å². The molecule has 1 N–H and O–H groups in total. The number of carbonyl (C=O) groups is 1. The molecule has 0 radical (unpaired) electrons. The van der Waals surface area contributed by atoms with Crippen molar-refractivity contribution in [2.75, 3.05) is 24.7 Å². The van der Waals surface area contributed by atoms with Crippen molar-refractivity contribution < 1.29 is 14.6 Å². The summed E-state index contributed by atoms with van der Waals surface area (Å²) >= 11 is 0. The van der Waals surface area contributed by atoms with Crippen LogP contribution < -0.4 is 4.90 Å².